The fourth-order valence-corrected chi connectivity index (χ4v) is 6.12. The zero-order valence-corrected chi connectivity index (χ0v) is 23.3. The number of benzene rings is 1. The van der Waals surface area contributed by atoms with E-state index in [0.29, 0.717) is 41.5 Å². The molecular formula is C30H36N8O2. The van der Waals surface area contributed by atoms with Crippen LogP contribution in [0.25, 0.3) is 11.3 Å². The van der Waals surface area contributed by atoms with Crippen molar-refractivity contribution in [1.82, 2.24) is 20.1 Å². The molecule has 10 nitrogen and oxygen atoms in total. The van der Waals surface area contributed by atoms with E-state index in [-0.39, 0.29) is 11.4 Å². The number of rotatable bonds is 3. The molecule has 1 amide bonds. The SMILES string of the molecule is Cc1cc2cc(n1)-c1cnn(C)c1OCCC[C@@H](C1CC1)CN1/C(=N/C2=O)Nc2cc(NC3(C)CNC3)ccc21. The van der Waals surface area contributed by atoms with Crippen molar-refractivity contribution in [1.29, 1.82) is 0 Å². The average molecular weight is 541 g/mol. The molecule has 1 saturated carbocycles. The van der Waals surface area contributed by atoms with Gasteiger partial charge in [-0.25, -0.2) is 4.68 Å². The summed E-state index contributed by atoms with van der Waals surface area (Å²) in [5.41, 5.74) is 5.81. The Labute approximate surface area is 234 Å². The Morgan fingerprint density at radius 2 is 1.98 bits per heavy atom. The van der Waals surface area contributed by atoms with Crippen LogP contribution in [0.3, 0.4) is 0 Å². The first-order chi connectivity index (χ1) is 19.3. The summed E-state index contributed by atoms with van der Waals surface area (Å²) in [6.07, 6.45) is 6.24. The van der Waals surface area contributed by atoms with E-state index >= 15 is 0 Å². The van der Waals surface area contributed by atoms with Gasteiger partial charge in [-0.3, -0.25) is 9.78 Å². The number of hydrogen-bond donors (Lipinski definition) is 3. The lowest BCUT2D eigenvalue weighted by Crippen LogP contribution is -2.62. The van der Waals surface area contributed by atoms with E-state index in [0.717, 1.165) is 60.8 Å². The minimum absolute atomic E-state index is 0.0502. The average Bonchev–Trinajstić information content (AvgIpc) is 3.61. The Kier molecular flexibility index (Phi) is 6.03. The summed E-state index contributed by atoms with van der Waals surface area (Å²) in [6.45, 7) is 7.40. The Morgan fingerprint density at radius 1 is 1.12 bits per heavy atom. The summed E-state index contributed by atoms with van der Waals surface area (Å²) < 4.78 is 8.00. The number of carbonyl (C=O) groups is 1. The Hall–Kier alpha value is -3.92. The van der Waals surface area contributed by atoms with Crippen LogP contribution in [0.4, 0.5) is 17.1 Å². The van der Waals surface area contributed by atoms with Crippen LogP contribution in [-0.2, 0) is 7.05 Å². The standard InChI is InChI=1S/C30H36N8O2/c1-18-11-21-12-24(33-18)23-14-32-37(3)28(23)40-10-4-5-20(19-6-7-19)15-38-26-9-8-22(36-30(2)16-31-17-30)13-25(26)34-29(38)35-27(21)39/h8-9,11-14,19-20,31,36H,4-7,10,15-17H2,1-3H3,(H,34,35,39)/t20-/m1/s1. The highest BCUT2D eigenvalue weighted by Crippen LogP contribution is 2.43. The number of anilines is 3. The molecule has 2 aromatic heterocycles. The third-order valence-electron chi connectivity index (χ3n) is 8.50. The van der Waals surface area contributed by atoms with Crippen molar-refractivity contribution < 1.29 is 9.53 Å². The van der Waals surface area contributed by atoms with Crippen LogP contribution >= 0.6 is 0 Å². The molecule has 7 rings (SSSR count). The van der Waals surface area contributed by atoms with Crippen LogP contribution in [0.1, 0.15) is 48.7 Å². The zero-order chi connectivity index (χ0) is 27.4. The monoisotopic (exact) mass is 540 g/mol. The van der Waals surface area contributed by atoms with Gasteiger partial charge in [-0.15, -0.1) is 0 Å². The molecule has 0 spiro atoms. The molecule has 5 heterocycles. The molecule has 1 aliphatic carbocycles. The lowest BCUT2D eigenvalue weighted by atomic mass is 9.95. The maximum atomic E-state index is 13.7. The molecule has 10 heteroatoms. The van der Waals surface area contributed by atoms with Gasteiger partial charge in [0.1, 0.15) is 0 Å². The summed E-state index contributed by atoms with van der Waals surface area (Å²) in [6, 6.07) is 9.99. The van der Waals surface area contributed by atoms with E-state index in [1.54, 1.807) is 23.0 Å². The highest BCUT2D eigenvalue weighted by molar-refractivity contribution is 6.19. The quantitative estimate of drug-likeness (QED) is 0.454. The van der Waals surface area contributed by atoms with Gasteiger partial charge in [0, 0.05) is 43.6 Å². The number of nitrogens with one attached hydrogen (secondary N) is 3. The molecule has 0 radical (unpaired) electrons. The largest absolute Gasteiger partial charge is 0.477 e. The molecule has 2 bridgehead atoms. The summed E-state index contributed by atoms with van der Waals surface area (Å²) >= 11 is 0. The number of aryl methyl sites for hydroxylation is 2. The molecule has 40 heavy (non-hydrogen) atoms. The summed E-state index contributed by atoms with van der Waals surface area (Å²) in [4.78, 5) is 25.2. The van der Waals surface area contributed by atoms with Gasteiger partial charge >= 0.3 is 0 Å². The maximum Gasteiger partial charge on any atom is 0.280 e. The minimum Gasteiger partial charge on any atom is -0.477 e. The predicted molar refractivity (Wildman–Crippen MR) is 156 cm³/mol. The second kappa shape index (κ2) is 9.62. The Morgan fingerprint density at radius 3 is 2.75 bits per heavy atom. The van der Waals surface area contributed by atoms with Crippen molar-refractivity contribution in [2.75, 3.05) is 41.8 Å². The molecule has 1 atom stereocenters. The number of amides is 1. The van der Waals surface area contributed by atoms with Gasteiger partial charge < -0.3 is 25.6 Å². The fraction of sp³-hybridized carbons (Fsp3) is 0.467. The number of ether oxygens (including phenoxy) is 1. The first kappa shape index (κ1) is 25.1. The van der Waals surface area contributed by atoms with Crippen molar-refractivity contribution in [2.24, 2.45) is 23.9 Å². The Bertz CT molecular complexity index is 1500. The number of hydrogen-bond acceptors (Lipinski definition) is 8. The van der Waals surface area contributed by atoms with Gasteiger partial charge in [0.15, 0.2) is 0 Å². The third-order valence-corrected chi connectivity index (χ3v) is 8.50. The minimum atomic E-state index is -0.303. The molecule has 3 aliphatic heterocycles. The first-order valence-electron chi connectivity index (χ1n) is 14.3. The topological polar surface area (TPSA) is 109 Å². The number of pyridine rings is 1. The second-order valence-corrected chi connectivity index (χ2v) is 12.0. The first-order valence-corrected chi connectivity index (χ1v) is 14.3. The summed E-state index contributed by atoms with van der Waals surface area (Å²) in [5, 5.41) is 14.9. The van der Waals surface area contributed by atoms with E-state index in [1.165, 1.54) is 12.8 Å². The molecule has 1 saturated heterocycles. The number of guanidine groups is 1. The van der Waals surface area contributed by atoms with Crippen LogP contribution < -0.4 is 25.6 Å². The third kappa shape index (κ3) is 4.70. The molecule has 3 N–H and O–H groups in total. The van der Waals surface area contributed by atoms with Gasteiger partial charge in [0.25, 0.3) is 5.91 Å². The van der Waals surface area contributed by atoms with Crippen molar-refractivity contribution in [3.8, 4) is 17.1 Å². The lowest BCUT2D eigenvalue weighted by molar-refractivity contribution is 0.100. The lowest BCUT2D eigenvalue weighted by Gasteiger charge is -2.41. The van der Waals surface area contributed by atoms with Crippen LogP contribution in [0.2, 0.25) is 0 Å². The van der Waals surface area contributed by atoms with Crippen LogP contribution in [0, 0.1) is 18.8 Å². The van der Waals surface area contributed by atoms with E-state index < -0.39 is 0 Å². The van der Waals surface area contributed by atoms with E-state index in [1.807, 2.05) is 14.0 Å². The molecule has 1 aromatic carbocycles. The van der Waals surface area contributed by atoms with Crippen LogP contribution in [0.15, 0.2) is 41.5 Å². The zero-order valence-electron chi connectivity index (χ0n) is 23.3. The molecule has 2 fully saturated rings. The van der Waals surface area contributed by atoms with E-state index in [9.17, 15) is 4.79 Å². The number of aliphatic imine (C=N–C) groups is 1. The molecule has 3 aromatic rings. The van der Waals surface area contributed by atoms with Gasteiger partial charge in [-0.05, 0) is 81.7 Å². The number of aromatic nitrogens is 3. The fourth-order valence-electron chi connectivity index (χ4n) is 6.12. The van der Waals surface area contributed by atoms with Crippen molar-refractivity contribution >= 4 is 28.9 Å². The maximum absolute atomic E-state index is 13.7. The number of fused-ring (bicyclic) bond motifs is 7. The van der Waals surface area contributed by atoms with Crippen molar-refractivity contribution in [3.63, 3.8) is 0 Å². The summed E-state index contributed by atoms with van der Waals surface area (Å²) in [7, 11) is 1.87. The molecule has 0 unspecified atom stereocenters. The van der Waals surface area contributed by atoms with Crippen molar-refractivity contribution in [2.45, 2.75) is 45.1 Å². The highest BCUT2D eigenvalue weighted by atomic mass is 16.5. The number of carbonyl (C=O) groups excluding carboxylic acids is 1. The van der Waals surface area contributed by atoms with Crippen molar-refractivity contribution in [3.05, 3.63) is 47.8 Å². The van der Waals surface area contributed by atoms with E-state index in [4.69, 9.17) is 9.72 Å². The van der Waals surface area contributed by atoms with E-state index in [2.05, 4.69) is 56.1 Å². The van der Waals surface area contributed by atoms with Gasteiger partial charge in [0.05, 0.1) is 41.0 Å². The molecular weight excluding hydrogens is 504 g/mol. The van der Waals surface area contributed by atoms with Gasteiger partial charge in [-0.2, -0.15) is 10.1 Å². The van der Waals surface area contributed by atoms with Gasteiger partial charge in [-0.1, -0.05) is 0 Å². The normalized spacial score (nSPS) is 23.2. The summed E-state index contributed by atoms with van der Waals surface area (Å²) in [5.74, 6) is 2.13. The Balaban J connectivity index is 1.27. The predicted octanol–water partition coefficient (Wildman–Crippen LogP) is 4.19. The highest BCUT2D eigenvalue weighted by Gasteiger charge is 2.37. The second-order valence-electron chi connectivity index (χ2n) is 12.0. The van der Waals surface area contributed by atoms with Gasteiger partial charge in [0.2, 0.25) is 11.8 Å². The van der Waals surface area contributed by atoms with Crippen LogP contribution in [0.5, 0.6) is 5.88 Å². The smallest absolute Gasteiger partial charge is 0.280 e. The molecule has 4 aliphatic rings. The number of nitrogens with zero attached hydrogens (tertiary/aromatic N) is 5. The van der Waals surface area contributed by atoms with Crippen LogP contribution in [-0.4, -0.2) is 58.4 Å². The molecule has 208 valence electrons.